The Bertz CT molecular complexity index is 692. The van der Waals surface area contributed by atoms with E-state index in [2.05, 4.69) is 5.32 Å². The maximum Gasteiger partial charge on any atom is 0.291 e. The van der Waals surface area contributed by atoms with Gasteiger partial charge in [-0.1, -0.05) is 6.92 Å². The number of fused-ring (bicyclic) bond motifs is 1. The monoisotopic (exact) mass is 298 g/mol. The predicted octanol–water partition coefficient (Wildman–Crippen LogP) is 3.22. The summed E-state index contributed by atoms with van der Waals surface area (Å²) < 4.78 is 5.08. The van der Waals surface area contributed by atoms with Gasteiger partial charge in [0.15, 0.2) is 5.76 Å². The summed E-state index contributed by atoms with van der Waals surface area (Å²) in [7, 11) is 0. The topological polar surface area (TPSA) is 62.6 Å². The number of anilines is 2. The molecule has 0 aliphatic carbocycles. The first-order valence-electron chi connectivity index (χ1n) is 7.47. The highest BCUT2D eigenvalue weighted by Gasteiger charge is 2.21. The summed E-state index contributed by atoms with van der Waals surface area (Å²) >= 11 is 0. The fourth-order valence-electron chi connectivity index (χ4n) is 2.73. The van der Waals surface area contributed by atoms with E-state index in [4.69, 9.17) is 4.42 Å². The van der Waals surface area contributed by atoms with Gasteiger partial charge in [0.1, 0.15) is 0 Å². The molecule has 1 N–H and O–H groups in total. The maximum atomic E-state index is 12.0. The lowest BCUT2D eigenvalue weighted by atomic mass is 10.0. The summed E-state index contributed by atoms with van der Waals surface area (Å²) in [6.45, 7) is 2.63. The second kappa shape index (κ2) is 6.05. The zero-order valence-corrected chi connectivity index (χ0v) is 12.5. The van der Waals surface area contributed by atoms with Crippen molar-refractivity contribution in [2.45, 2.75) is 26.2 Å². The van der Waals surface area contributed by atoms with Gasteiger partial charge in [-0.3, -0.25) is 9.59 Å². The van der Waals surface area contributed by atoms with Crippen LogP contribution >= 0.6 is 0 Å². The van der Waals surface area contributed by atoms with Crippen LogP contribution < -0.4 is 10.2 Å². The van der Waals surface area contributed by atoms with E-state index in [1.807, 2.05) is 30.0 Å². The number of hydrogen-bond acceptors (Lipinski definition) is 3. The molecule has 0 atom stereocenters. The molecule has 1 aromatic heterocycles. The van der Waals surface area contributed by atoms with Crippen molar-refractivity contribution in [1.29, 1.82) is 0 Å². The van der Waals surface area contributed by atoms with Crippen molar-refractivity contribution in [2.75, 3.05) is 16.8 Å². The van der Waals surface area contributed by atoms with Crippen molar-refractivity contribution in [3.8, 4) is 0 Å². The molecule has 0 saturated heterocycles. The molecule has 2 aromatic rings. The zero-order valence-electron chi connectivity index (χ0n) is 12.5. The van der Waals surface area contributed by atoms with E-state index in [9.17, 15) is 9.59 Å². The van der Waals surface area contributed by atoms with Crippen LogP contribution in [0.25, 0.3) is 0 Å². The highest BCUT2D eigenvalue weighted by molar-refractivity contribution is 6.02. The van der Waals surface area contributed by atoms with Gasteiger partial charge in [0.05, 0.1) is 6.26 Å². The summed E-state index contributed by atoms with van der Waals surface area (Å²) in [5, 5.41) is 2.82. The van der Waals surface area contributed by atoms with Gasteiger partial charge in [0.2, 0.25) is 5.91 Å². The molecule has 114 valence electrons. The minimum absolute atomic E-state index is 0.133. The Morgan fingerprint density at radius 3 is 2.91 bits per heavy atom. The smallest absolute Gasteiger partial charge is 0.291 e. The Labute approximate surface area is 128 Å². The van der Waals surface area contributed by atoms with E-state index < -0.39 is 0 Å². The Morgan fingerprint density at radius 2 is 2.18 bits per heavy atom. The number of benzene rings is 1. The van der Waals surface area contributed by atoms with Gasteiger partial charge < -0.3 is 14.6 Å². The summed E-state index contributed by atoms with van der Waals surface area (Å²) in [4.78, 5) is 25.8. The largest absolute Gasteiger partial charge is 0.459 e. The Morgan fingerprint density at radius 1 is 1.32 bits per heavy atom. The molecule has 0 radical (unpaired) electrons. The fourth-order valence-corrected chi connectivity index (χ4v) is 2.73. The summed E-state index contributed by atoms with van der Waals surface area (Å²) in [5.74, 6) is 0.135. The molecule has 2 amide bonds. The van der Waals surface area contributed by atoms with E-state index in [1.165, 1.54) is 6.26 Å². The zero-order chi connectivity index (χ0) is 15.5. The number of carbonyl (C=O) groups excluding carboxylic acids is 2. The fraction of sp³-hybridized carbons (Fsp3) is 0.294. The van der Waals surface area contributed by atoms with Crippen molar-refractivity contribution < 1.29 is 14.0 Å². The standard InChI is InChI=1S/C17H18N2O3/c1-2-16(20)19-9-3-5-12-11-13(7-8-14(12)19)18-17(21)15-6-4-10-22-15/h4,6-8,10-11H,2-3,5,9H2,1H3,(H,18,21). The minimum Gasteiger partial charge on any atom is -0.459 e. The number of amides is 2. The molecule has 3 rings (SSSR count). The number of furan rings is 1. The molecule has 22 heavy (non-hydrogen) atoms. The van der Waals surface area contributed by atoms with Gasteiger partial charge in [0.25, 0.3) is 5.91 Å². The van der Waals surface area contributed by atoms with Gasteiger partial charge in [-0.05, 0) is 48.7 Å². The molecule has 0 saturated carbocycles. The molecule has 0 bridgehead atoms. The Kier molecular flexibility index (Phi) is 3.96. The van der Waals surface area contributed by atoms with Crippen LogP contribution in [-0.4, -0.2) is 18.4 Å². The number of aryl methyl sites for hydroxylation is 1. The van der Waals surface area contributed by atoms with E-state index >= 15 is 0 Å². The quantitative estimate of drug-likeness (QED) is 0.946. The molecular weight excluding hydrogens is 280 g/mol. The lowest BCUT2D eigenvalue weighted by Gasteiger charge is -2.29. The van der Waals surface area contributed by atoms with Crippen LogP contribution in [0.1, 0.15) is 35.9 Å². The number of carbonyl (C=O) groups is 2. The van der Waals surface area contributed by atoms with E-state index in [-0.39, 0.29) is 17.6 Å². The van der Waals surface area contributed by atoms with Crippen molar-refractivity contribution in [3.63, 3.8) is 0 Å². The molecule has 0 spiro atoms. The maximum absolute atomic E-state index is 12.0. The van der Waals surface area contributed by atoms with Crippen molar-refractivity contribution >= 4 is 23.2 Å². The molecule has 5 heteroatoms. The molecule has 5 nitrogen and oxygen atoms in total. The average molecular weight is 298 g/mol. The third-order valence-corrected chi connectivity index (χ3v) is 3.80. The van der Waals surface area contributed by atoms with Crippen molar-refractivity contribution in [1.82, 2.24) is 0 Å². The Hall–Kier alpha value is -2.56. The lowest BCUT2D eigenvalue weighted by Crippen LogP contribution is -2.34. The number of nitrogens with one attached hydrogen (secondary N) is 1. The van der Waals surface area contributed by atoms with E-state index in [0.717, 1.165) is 30.6 Å². The van der Waals surface area contributed by atoms with Gasteiger partial charge in [-0.25, -0.2) is 0 Å². The predicted molar refractivity (Wildman–Crippen MR) is 84.1 cm³/mol. The van der Waals surface area contributed by atoms with Gasteiger partial charge in [-0.15, -0.1) is 0 Å². The van der Waals surface area contributed by atoms with Crippen LogP contribution in [0.15, 0.2) is 41.0 Å². The SMILES string of the molecule is CCC(=O)N1CCCc2cc(NC(=O)c3ccco3)ccc21. The minimum atomic E-state index is -0.276. The molecule has 0 unspecified atom stereocenters. The Balaban J connectivity index is 1.82. The average Bonchev–Trinajstić information content (AvgIpc) is 3.08. The van der Waals surface area contributed by atoms with Crippen LogP contribution in [-0.2, 0) is 11.2 Å². The van der Waals surface area contributed by atoms with Crippen LogP contribution in [0, 0.1) is 0 Å². The normalized spacial score (nSPS) is 13.6. The number of nitrogens with zero attached hydrogens (tertiary/aromatic N) is 1. The number of rotatable bonds is 3. The summed E-state index contributed by atoms with van der Waals surface area (Å²) in [6, 6.07) is 8.96. The van der Waals surface area contributed by atoms with Gasteiger partial charge in [0, 0.05) is 24.3 Å². The first-order chi connectivity index (χ1) is 10.7. The highest BCUT2D eigenvalue weighted by Crippen LogP contribution is 2.30. The van der Waals surface area contributed by atoms with Crippen LogP contribution in [0.5, 0.6) is 0 Å². The second-order valence-corrected chi connectivity index (χ2v) is 5.28. The van der Waals surface area contributed by atoms with Gasteiger partial charge in [-0.2, -0.15) is 0 Å². The van der Waals surface area contributed by atoms with E-state index in [1.54, 1.807) is 12.1 Å². The number of hydrogen-bond donors (Lipinski definition) is 1. The molecule has 0 fully saturated rings. The third kappa shape index (κ3) is 2.74. The molecule has 1 aliphatic rings. The van der Waals surface area contributed by atoms with Crippen LogP contribution in [0.2, 0.25) is 0 Å². The van der Waals surface area contributed by atoms with Crippen molar-refractivity contribution in [3.05, 3.63) is 47.9 Å². The summed E-state index contributed by atoms with van der Waals surface area (Å²) in [6.07, 6.45) is 3.81. The van der Waals surface area contributed by atoms with E-state index in [0.29, 0.717) is 12.1 Å². The molecule has 1 aliphatic heterocycles. The molecular formula is C17H18N2O3. The second-order valence-electron chi connectivity index (χ2n) is 5.28. The molecule has 2 heterocycles. The molecule has 1 aromatic carbocycles. The first kappa shape index (κ1) is 14.4. The van der Waals surface area contributed by atoms with Crippen LogP contribution in [0.3, 0.4) is 0 Å². The van der Waals surface area contributed by atoms with Gasteiger partial charge >= 0.3 is 0 Å². The van der Waals surface area contributed by atoms with Crippen molar-refractivity contribution in [2.24, 2.45) is 0 Å². The lowest BCUT2D eigenvalue weighted by molar-refractivity contribution is -0.118. The van der Waals surface area contributed by atoms with Crippen LogP contribution in [0.4, 0.5) is 11.4 Å². The first-order valence-corrected chi connectivity index (χ1v) is 7.47. The third-order valence-electron chi connectivity index (χ3n) is 3.80. The highest BCUT2D eigenvalue weighted by atomic mass is 16.3. The summed E-state index contributed by atoms with van der Waals surface area (Å²) in [5.41, 5.74) is 2.75.